The van der Waals surface area contributed by atoms with Crippen molar-refractivity contribution in [1.82, 2.24) is 19.9 Å². The molecule has 0 aliphatic rings. The quantitative estimate of drug-likeness (QED) is 0.666. The fraction of sp³-hybridized carbons (Fsp3) is 0.250. The maximum atomic E-state index is 12.8. The van der Waals surface area contributed by atoms with Crippen LogP contribution in [0.2, 0.25) is 5.15 Å². The Kier molecular flexibility index (Phi) is 4.64. The van der Waals surface area contributed by atoms with Crippen molar-refractivity contribution < 1.29 is 9.53 Å². The minimum absolute atomic E-state index is 0.0812. The molecule has 0 N–H and O–H groups in total. The molecule has 0 atom stereocenters. The monoisotopic (exact) mass is 362 g/mol. The highest BCUT2D eigenvalue weighted by atomic mass is 35.5. The van der Waals surface area contributed by atoms with Gasteiger partial charge in [0.05, 0.1) is 17.4 Å². The van der Waals surface area contributed by atoms with Crippen molar-refractivity contribution in [2.45, 2.75) is 13.5 Å². The molecule has 3 aromatic heterocycles. The minimum Gasteiger partial charge on any atom is -0.481 e. The number of amides is 1. The predicted octanol–water partition coefficient (Wildman–Crippen LogP) is 3.33. The molecule has 0 radical (unpaired) electrons. The van der Waals surface area contributed by atoms with Crippen LogP contribution in [0.15, 0.2) is 24.7 Å². The van der Waals surface area contributed by atoms with Gasteiger partial charge in [0.2, 0.25) is 5.88 Å². The fourth-order valence-corrected chi connectivity index (χ4v) is 3.89. The van der Waals surface area contributed by atoms with Crippen molar-refractivity contribution in [3.63, 3.8) is 0 Å². The lowest BCUT2D eigenvalue weighted by Crippen LogP contribution is -2.26. The van der Waals surface area contributed by atoms with E-state index in [2.05, 4.69) is 15.0 Å². The molecule has 0 saturated carbocycles. The van der Waals surface area contributed by atoms with Gasteiger partial charge in [0.15, 0.2) is 0 Å². The number of rotatable bonds is 4. The molecule has 0 spiro atoms. The molecule has 1 amide bonds. The number of methoxy groups -OCH3 is 1. The predicted molar refractivity (Wildman–Crippen MR) is 93.7 cm³/mol. The van der Waals surface area contributed by atoms with Crippen LogP contribution in [0.3, 0.4) is 0 Å². The van der Waals surface area contributed by atoms with Crippen LogP contribution in [0.4, 0.5) is 0 Å². The summed E-state index contributed by atoms with van der Waals surface area (Å²) in [6.45, 7) is 2.31. The normalized spacial score (nSPS) is 10.8. The Morgan fingerprint density at radius 1 is 1.38 bits per heavy atom. The Labute approximate surface area is 148 Å². The van der Waals surface area contributed by atoms with Crippen LogP contribution in [0.5, 0.6) is 5.88 Å². The van der Waals surface area contributed by atoms with Gasteiger partial charge in [0.25, 0.3) is 5.91 Å². The van der Waals surface area contributed by atoms with Gasteiger partial charge in [-0.05, 0) is 24.1 Å². The SMILES string of the molecule is COc1cc(CN(C)C(=O)c2sc3ncnc(Cl)c3c2C)ccn1. The molecular formula is C16H15ClN4O2S. The zero-order chi connectivity index (χ0) is 17.3. The highest BCUT2D eigenvalue weighted by Gasteiger charge is 2.21. The third-order valence-electron chi connectivity index (χ3n) is 3.65. The van der Waals surface area contributed by atoms with Crippen LogP contribution < -0.4 is 4.74 Å². The number of aromatic nitrogens is 3. The van der Waals surface area contributed by atoms with Crippen molar-refractivity contribution in [2.75, 3.05) is 14.2 Å². The first-order valence-electron chi connectivity index (χ1n) is 7.15. The van der Waals surface area contributed by atoms with Gasteiger partial charge < -0.3 is 9.64 Å². The molecule has 0 bridgehead atoms. The van der Waals surface area contributed by atoms with Gasteiger partial charge in [-0.15, -0.1) is 11.3 Å². The molecule has 0 unspecified atom stereocenters. The van der Waals surface area contributed by atoms with Crippen molar-refractivity contribution in [3.8, 4) is 5.88 Å². The lowest BCUT2D eigenvalue weighted by molar-refractivity contribution is 0.0789. The Morgan fingerprint density at radius 2 is 2.17 bits per heavy atom. The number of nitrogens with zero attached hydrogens (tertiary/aromatic N) is 4. The molecule has 24 heavy (non-hydrogen) atoms. The van der Waals surface area contributed by atoms with E-state index in [1.807, 2.05) is 19.1 Å². The van der Waals surface area contributed by atoms with Gasteiger partial charge >= 0.3 is 0 Å². The van der Waals surface area contributed by atoms with Gasteiger partial charge in [-0.1, -0.05) is 11.6 Å². The summed E-state index contributed by atoms with van der Waals surface area (Å²) in [5.74, 6) is 0.441. The van der Waals surface area contributed by atoms with Crippen LogP contribution in [0.1, 0.15) is 20.8 Å². The molecule has 0 saturated heterocycles. The van der Waals surface area contributed by atoms with Crippen LogP contribution >= 0.6 is 22.9 Å². The van der Waals surface area contributed by atoms with Crippen LogP contribution in [-0.2, 0) is 6.54 Å². The number of halogens is 1. The molecule has 0 fully saturated rings. The average molecular weight is 363 g/mol. The molecule has 3 rings (SSSR count). The van der Waals surface area contributed by atoms with E-state index in [0.29, 0.717) is 22.5 Å². The minimum atomic E-state index is -0.0812. The van der Waals surface area contributed by atoms with E-state index in [1.54, 1.807) is 25.3 Å². The number of carbonyl (C=O) groups excluding carboxylic acids is 1. The zero-order valence-corrected chi connectivity index (χ0v) is 15.0. The summed E-state index contributed by atoms with van der Waals surface area (Å²) in [6.07, 6.45) is 3.06. The molecule has 124 valence electrons. The van der Waals surface area contributed by atoms with Crippen LogP contribution in [-0.4, -0.2) is 39.9 Å². The van der Waals surface area contributed by atoms with E-state index >= 15 is 0 Å². The van der Waals surface area contributed by atoms with Gasteiger partial charge in [-0.25, -0.2) is 15.0 Å². The number of aryl methyl sites for hydroxylation is 1. The first kappa shape index (κ1) is 16.6. The third-order valence-corrected chi connectivity index (χ3v) is 5.12. The van der Waals surface area contributed by atoms with E-state index in [4.69, 9.17) is 16.3 Å². The largest absolute Gasteiger partial charge is 0.481 e. The van der Waals surface area contributed by atoms with Crippen LogP contribution in [0, 0.1) is 6.92 Å². The topological polar surface area (TPSA) is 68.2 Å². The number of pyridine rings is 1. The summed E-state index contributed by atoms with van der Waals surface area (Å²) in [4.78, 5) is 28.0. The summed E-state index contributed by atoms with van der Waals surface area (Å²) in [5, 5.41) is 1.11. The van der Waals surface area contributed by atoms with E-state index in [-0.39, 0.29) is 5.91 Å². The first-order valence-corrected chi connectivity index (χ1v) is 8.34. The maximum absolute atomic E-state index is 12.8. The Balaban J connectivity index is 1.88. The molecule has 3 aromatic rings. The molecule has 3 heterocycles. The second-order valence-electron chi connectivity index (χ2n) is 5.27. The van der Waals surface area contributed by atoms with Crippen molar-refractivity contribution in [3.05, 3.63) is 45.8 Å². The number of fused-ring (bicyclic) bond motifs is 1. The summed E-state index contributed by atoms with van der Waals surface area (Å²) in [7, 11) is 3.32. The lowest BCUT2D eigenvalue weighted by atomic mass is 10.2. The van der Waals surface area contributed by atoms with Gasteiger partial charge in [-0.3, -0.25) is 4.79 Å². The molecular weight excluding hydrogens is 348 g/mol. The van der Waals surface area contributed by atoms with Gasteiger partial charge in [0, 0.05) is 25.9 Å². The van der Waals surface area contributed by atoms with Crippen LogP contribution in [0.25, 0.3) is 10.2 Å². The van der Waals surface area contributed by atoms with Crippen molar-refractivity contribution >= 4 is 39.1 Å². The highest BCUT2D eigenvalue weighted by molar-refractivity contribution is 7.20. The number of hydrogen-bond acceptors (Lipinski definition) is 6. The van der Waals surface area contributed by atoms with E-state index in [0.717, 1.165) is 21.3 Å². The Bertz CT molecular complexity index is 912. The van der Waals surface area contributed by atoms with E-state index in [1.165, 1.54) is 17.7 Å². The fourth-order valence-electron chi connectivity index (χ4n) is 2.41. The zero-order valence-electron chi connectivity index (χ0n) is 13.4. The number of carbonyl (C=O) groups is 1. The average Bonchev–Trinajstić information content (AvgIpc) is 2.92. The molecule has 0 aliphatic carbocycles. The Morgan fingerprint density at radius 3 is 2.88 bits per heavy atom. The van der Waals surface area contributed by atoms with Crippen molar-refractivity contribution in [1.29, 1.82) is 0 Å². The standard InChI is InChI=1S/C16H15ClN4O2S/c1-9-12-14(17)19-8-20-15(12)24-13(9)16(22)21(2)7-10-4-5-18-11(6-10)23-3/h4-6,8H,7H2,1-3H3. The third kappa shape index (κ3) is 3.05. The van der Waals surface area contributed by atoms with E-state index in [9.17, 15) is 4.79 Å². The second kappa shape index (κ2) is 6.70. The van der Waals surface area contributed by atoms with Crippen molar-refractivity contribution in [2.24, 2.45) is 0 Å². The second-order valence-corrected chi connectivity index (χ2v) is 6.63. The summed E-state index contributed by atoms with van der Waals surface area (Å²) >= 11 is 7.46. The lowest BCUT2D eigenvalue weighted by Gasteiger charge is -2.17. The number of ether oxygens (including phenoxy) is 1. The first-order chi connectivity index (χ1) is 11.5. The number of thiophene rings is 1. The van der Waals surface area contributed by atoms with Gasteiger partial charge in [-0.2, -0.15) is 0 Å². The van der Waals surface area contributed by atoms with E-state index < -0.39 is 0 Å². The van der Waals surface area contributed by atoms with Gasteiger partial charge in [0.1, 0.15) is 16.3 Å². The number of hydrogen-bond donors (Lipinski definition) is 0. The summed E-state index contributed by atoms with van der Waals surface area (Å²) in [5.41, 5.74) is 1.75. The Hall–Kier alpha value is -2.25. The molecule has 8 heteroatoms. The molecule has 0 aromatic carbocycles. The maximum Gasteiger partial charge on any atom is 0.264 e. The summed E-state index contributed by atoms with van der Waals surface area (Å²) in [6, 6.07) is 3.66. The molecule has 0 aliphatic heterocycles. The smallest absolute Gasteiger partial charge is 0.264 e. The molecule has 6 nitrogen and oxygen atoms in total. The highest BCUT2D eigenvalue weighted by Crippen LogP contribution is 2.33. The summed E-state index contributed by atoms with van der Waals surface area (Å²) < 4.78 is 5.11.